The smallest absolute Gasteiger partial charge is 0.233 e. The van der Waals surface area contributed by atoms with Crippen LogP contribution in [-0.2, 0) is 9.53 Å². The second-order valence-corrected chi connectivity index (χ2v) is 7.43. The van der Waals surface area contributed by atoms with E-state index in [2.05, 4.69) is 28.9 Å². The number of nitrogens with zero attached hydrogens (tertiary/aromatic N) is 2. The Labute approximate surface area is 143 Å². The summed E-state index contributed by atoms with van der Waals surface area (Å²) in [5, 5.41) is 0. The molecule has 2 aliphatic heterocycles. The summed E-state index contributed by atoms with van der Waals surface area (Å²) in [5.41, 5.74) is 0. The van der Waals surface area contributed by atoms with Gasteiger partial charge >= 0.3 is 0 Å². The third-order valence-electron chi connectivity index (χ3n) is 4.79. The predicted molar refractivity (Wildman–Crippen MR) is 93.8 cm³/mol. The van der Waals surface area contributed by atoms with E-state index < -0.39 is 0 Å². The maximum absolute atomic E-state index is 12.5. The largest absolute Gasteiger partial charge is 0.381 e. The Morgan fingerprint density at radius 1 is 1.22 bits per heavy atom. The third kappa shape index (κ3) is 4.49. The average Bonchev–Trinajstić information content (AvgIpc) is 2.61. The molecule has 0 aliphatic carbocycles. The fourth-order valence-corrected chi connectivity index (χ4v) is 4.29. The van der Waals surface area contributed by atoms with E-state index in [1.54, 1.807) is 11.8 Å². The van der Waals surface area contributed by atoms with E-state index in [-0.39, 0.29) is 5.91 Å². The maximum atomic E-state index is 12.5. The number of piperazine rings is 1. The highest BCUT2D eigenvalue weighted by atomic mass is 32.2. The lowest BCUT2D eigenvalue weighted by molar-refractivity contribution is -0.133. The van der Waals surface area contributed by atoms with Gasteiger partial charge in [0.1, 0.15) is 0 Å². The van der Waals surface area contributed by atoms with Crippen molar-refractivity contribution >= 4 is 17.7 Å². The summed E-state index contributed by atoms with van der Waals surface area (Å²) in [6, 6.07) is 11.1. The van der Waals surface area contributed by atoms with Crippen molar-refractivity contribution in [3.63, 3.8) is 0 Å². The third-order valence-corrected chi connectivity index (χ3v) is 5.79. The number of hydrogen-bond donors (Lipinski definition) is 0. The minimum Gasteiger partial charge on any atom is -0.381 e. The van der Waals surface area contributed by atoms with Crippen LogP contribution in [0.5, 0.6) is 0 Å². The Morgan fingerprint density at radius 2 is 1.96 bits per heavy atom. The summed E-state index contributed by atoms with van der Waals surface area (Å²) in [7, 11) is 0. The number of thioether (sulfide) groups is 1. The second kappa shape index (κ2) is 8.18. The number of carbonyl (C=O) groups is 1. The molecule has 4 nitrogen and oxygen atoms in total. The molecule has 0 spiro atoms. The highest BCUT2D eigenvalue weighted by Gasteiger charge is 2.31. The van der Waals surface area contributed by atoms with Gasteiger partial charge in [-0.1, -0.05) is 18.2 Å². The van der Waals surface area contributed by atoms with Gasteiger partial charge in [0.25, 0.3) is 0 Å². The molecule has 0 unspecified atom stereocenters. The van der Waals surface area contributed by atoms with Crippen LogP contribution in [0.1, 0.15) is 19.8 Å². The SMILES string of the molecule is C[C@@H]1CN(C2CCOCC2)CCN1C(=O)CSc1ccccc1. The second-order valence-electron chi connectivity index (χ2n) is 6.38. The number of rotatable bonds is 4. The molecule has 0 bridgehead atoms. The molecule has 23 heavy (non-hydrogen) atoms. The minimum absolute atomic E-state index is 0.262. The van der Waals surface area contributed by atoms with Gasteiger partial charge < -0.3 is 9.64 Å². The first kappa shape index (κ1) is 16.8. The van der Waals surface area contributed by atoms with Gasteiger partial charge in [-0.2, -0.15) is 0 Å². The van der Waals surface area contributed by atoms with Crippen molar-refractivity contribution in [3.05, 3.63) is 30.3 Å². The number of hydrogen-bond acceptors (Lipinski definition) is 4. The van der Waals surface area contributed by atoms with Crippen molar-refractivity contribution < 1.29 is 9.53 Å². The van der Waals surface area contributed by atoms with Crippen LogP contribution >= 0.6 is 11.8 Å². The van der Waals surface area contributed by atoms with Gasteiger partial charge in [0.2, 0.25) is 5.91 Å². The summed E-state index contributed by atoms with van der Waals surface area (Å²) in [6.45, 7) is 6.78. The first-order chi connectivity index (χ1) is 11.2. The molecule has 1 atom stereocenters. The summed E-state index contributed by atoms with van der Waals surface area (Å²) < 4.78 is 5.46. The Balaban J connectivity index is 1.48. The first-order valence-corrected chi connectivity index (χ1v) is 9.51. The van der Waals surface area contributed by atoms with Gasteiger partial charge in [-0.3, -0.25) is 9.69 Å². The fourth-order valence-electron chi connectivity index (χ4n) is 3.48. The zero-order valence-corrected chi connectivity index (χ0v) is 14.6. The zero-order valence-electron chi connectivity index (χ0n) is 13.8. The van der Waals surface area contributed by atoms with E-state index in [1.807, 2.05) is 18.2 Å². The van der Waals surface area contributed by atoms with Crippen LogP contribution in [-0.4, -0.2) is 66.4 Å². The molecule has 2 aliphatic rings. The van der Waals surface area contributed by atoms with Crippen LogP contribution in [0.3, 0.4) is 0 Å². The maximum Gasteiger partial charge on any atom is 0.233 e. The van der Waals surface area contributed by atoms with Gasteiger partial charge in [0, 0.05) is 49.8 Å². The molecule has 0 saturated carbocycles. The first-order valence-electron chi connectivity index (χ1n) is 8.53. The highest BCUT2D eigenvalue weighted by Crippen LogP contribution is 2.22. The number of carbonyl (C=O) groups excluding carboxylic acids is 1. The molecule has 2 heterocycles. The van der Waals surface area contributed by atoms with E-state index in [1.165, 1.54) is 0 Å². The molecule has 126 valence electrons. The van der Waals surface area contributed by atoms with Crippen LogP contribution in [0.25, 0.3) is 0 Å². The minimum atomic E-state index is 0.262. The zero-order chi connectivity index (χ0) is 16.1. The summed E-state index contributed by atoms with van der Waals surface area (Å²) >= 11 is 1.63. The van der Waals surface area contributed by atoms with Gasteiger partial charge in [-0.05, 0) is 31.9 Å². The molecule has 1 amide bonds. The van der Waals surface area contributed by atoms with Crippen molar-refractivity contribution in [1.82, 2.24) is 9.80 Å². The van der Waals surface area contributed by atoms with Crippen molar-refractivity contribution in [2.75, 3.05) is 38.6 Å². The normalized spacial score (nSPS) is 23.9. The molecule has 3 rings (SSSR count). The van der Waals surface area contributed by atoms with Crippen molar-refractivity contribution in [2.24, 2.45) is 0 Å². The summed E-state index contributed by atoms with van der Waals surface area (Å²) in [5.74, 6) is 0.795. The Kier molecular flexibility index (Phi) is 5.97. The Hall–Kier alpha value is -1.04. The van der Waals surface area contributed by atoms with Gasteiger partial charge in [-0.15, -0.1) is 11.8 Å². The van der Waals surface area contributed by atoms with E-state index in [0.29, 0.717) is 17.8 Å². The van der Waals surface area contributed by atoms with Crippen LogP contribution in [0.2, 0.25) is 0 Å². The lowest BCUT2D eigenvalue weighted by Crippen LogP contribution is -2.57. The van der Waals surface area contributed by atoms with E-state index >= 15 is 0 Å². The molecule has 1 aromatic carbocycles. The molecule has 1 aromatic rings. The molecule has 2 fully saturated rings. The van der Waals surface area contributed by atoms with E-state index in [9.17, 15) is 4.79 Å². The van der Waals surface area contributed by atoms with Crippen LogP contribution in [0.4, 0.5) is 0 Å². The summed E-state index contributed by atoms with van der Waals surface area (Å²) in [6.07, 6.45) is 2.26. The van der Waals surface area contributed by atoms with Crippen LogP contribution < -0.4 is 0 Å². The monoisotopic (exact) mass is 334 g/mol. The number of ether oxygens (including phenoxy) is 1. The number of amides is 1. The van der Waals surface area contributed by atoms with Crippen molar-refractivity contribution in [2.45, 2.75) is 36.7 Å². The van der Waals surface area contributed by atoms with Crippen LogP contribution in [0, 0.1) is 0 Å². The standard InChI is InChI=1S/C18H26N2O2S/c1-15-13-19(16-7-11-22-12-8-16)9-10-20(15)18(21)14-23-17-5-3-2-4-6-17/h2-6,15-16H,7-14H2,1H3/t15-/m1/s1. The molecule has 0 N–H and O–H groups in total. The molecular weight excluding hydrogens is 308 g/mol. The molecule has 5 heteroatoms. The van der Waals surface area contributed by atoms with Crippen molar-refractivity contribution in [1.29, 1.82) is 0 Å². The lowest BCUT2D eigenvalue weighted by Gasteiger charge is -2.44. The van der Waals surface area contributed by atoms with Gasteiger partial charge in [0.15, 0.2) is 0 Å². The molecule has 2 saturated heterocycles. The molecule has 0 radical (unpaired) electrons. The average molecular weight is 334 g/mol. The Bertz CT molecular complexity index is 505. The quantitative estimate of drug-likeness (QED) is 0.792. The van der Waals surface area contributed by atoms with Gasteiger partial charge in [-0.25, -0.2) is 0 Å². The molecular formula is C18H26N2O2S. The summed E-state index contributed by atoms with van der Waals surface area (Å²) in [4.78, 5) is 18.3. The van der Waals surface area contributed by atoms with E-state index in [0.717, 1.165) is 50.6 Å². The van der Waals surface area contributed by atoms with E-state index in [4.69, 9.17) is 4.74 Å². The predicted octanol–water partition coefficient (Wildman–Crippen LogP) is 2.49. The fraction of sp³-hybridized carbons (Fsp3) is 0.611. The Morgan fingerprint density at radius 3 is 2.65 bits per heavy atom. The van der Waals surface area contributed by atoms with Crippen LogP contribution in [0.15, 0.2) is 35.2 Å². The highest BCUT2D eigenvalue weighted by molar-refractivity contribution is 8.00. The van der Waals surface area contributed by atoms with Gasteiger partial charge in [0.05, 0.1) is 5.75 Å². The lowest BCUT2D eigenvalue weighted by atomic mass is 10.0. The van der Waals surface area contributed by atoms with Crippen molar-refractivity contribution in [3.8, 4) is 0 Å². The topological polar surface area (TPSA) is 32.8 Å². The molecule has 0 aromatic heterocycles. The number of benzene rings is 1.